The summed E-state index contributed by atoms with van der Waals surface area (Å²) in [5, 5.41) is 10.1. The summed E-state index contributed by atoms with van der Waals surface area (Å²) in [5.74, 6) is 0. The van der Waals surface area contributed by atoms with Gasteiger partial charge in [-0.3, -0.25) is 0 Å². The lowest BCUT2D eigenvalue weighted by atomic mass is 10.0. The van der Waals surface area contributed by atoms with Crippen molar-refractivity contribution in [1.29, 1.82) is 0 Å². The molecule has 0 radical (unpaired) electrons. The van der Waals surface area contributed by atoms with Gasteiger partial charge in [-0.15, -0.1) is 0 Å². The number of aliphatic hydroxyl groups is 1. The lowest BCUT2D eigenvalue weighted by molar-refractivity contribution is -0.136. The Kier molecular flexibility index (Phi) is 5.28. The second-order valence-corrected chi connectivity index (χ2v) is 4.96. The van der Waals surface area contributed by atoms with Gasteiger partial charge in [-0.2, -0.15) is 13.2 Å². The predicted octanol–water partition coefficient (Wildman–Crippen LogP) is 4.87. The van der Waals surface area contributed by atoms with Gasteiger partial charge in [-0.05, 0) is 46.5 Å². The Labute approximate surface area is 111 Å². The molecule has 6 heteroatoms. The van der Waals surface area contributed by atoms with Gasteiger partial charge in [0, 0.05) is 10.9 Å². The summed E-state index contributed by atoms with van der Waals surface area (Å²) in [6.45, 7) is 0. The third kappa shape index (κ3) is 5.27. The molecule has 1 rings (SSSR count). The van der Waals surface area contributed by atoms with E-state index in [1.807, 2.05) is 0 Å². The van der Waals surface area contributed by atoms with Crippen molar-refractivity contribution in [3.63, 3.8) is 0 Å². The maximum absolute atomic E-state index is 11.9. The molecule has 0 aromatic heterocycles. The van der Waals surface area contributed by atoms with E-state index in [9.17, 15) is 18.3 Å². The standard InChI is InChI=1S/C11H11BrClF3O/c12-8-4-3-7(6-9(8)13)10(17)2-1-5-11(14,15)16/h3-4,6,10,17H,1-2,5H2. The first kappa shape index (κ1) is 14.8. The van der Waals surface area contributed by atoms with Crippen LogP contribution in [0.4, 0.5) is 13.2 Å². The van der Waals surface area contributed by atoms with E-state index in [1.54, 1.807) is 18.2 Å². The van der Waals surface area contributed by atoms with Crippen LogP contribution in [0, 0.1) is 0 Å². The fraction of sp³-hybridized carbons (Fsp3) is 0.455. The molecule has 17 heavy (non-hydrogen) atoms. The summed E-state index contributed by atoms with van der Waals surface area (Å²) in [5.41, 5.74) is 0.528. The molecule has 0 amide bonds. The van der Waals surface area contributed by atoms with Crippen LogP contribution in [0.25, 0.3) is 0 Å². The van der Waals surface area contributed by atoms with Gasteiger partial charge in [0.2, 0.25) is 0 Å². The van der Waals surface area contributed by atoms with Crippen LogP contribution in [0.3, 0.4) is 0 Å². The van der Waals surface area contributed by atoms with Crippen molar-refractivity contribution in [1.82, 2.24) is 0 Å². The fourth-order valence-electron chi connectivity index (χ4n) is 1.38. The molecular formula is C11H11BrClF3O. The van der Waals surface area contributed by atoms with Crippen molar-refractivity contribution in [2.24, 2.45) is 0 Å². The zero-order valence-corrected chi connectivity index (χ0v) is 11.1. The Morgan fingerprint density at radius 1 is 1.35 bits per heavy atom. The van der Waals surface area contributed by atoms with Crippen LogP contribution in [0.2, 0.25) is 5.02 Å². The Morgan fingerprint density at radius 2 is 2.00 bits per heavy atom. The highest BCUT2D eigenvalue weighted by atomic mass is 79.9. The topological polar surface area (TPSA) is 20.2 Å². The first-order valence-electron chi connectivity index (χ1n) is 4.99. The number of alkyl halides is 3. The molecule has 96 valence electrons. The van der Waals surface area contributed by atoms with Crippen LogP contribution in [0.5, 0.6) is 0 Å². The van der Waals surface area contributed by atoms with E-state index in [0.717, 1.165) is 0 Å². The molecule has 0 spiro atoms. The molecule has 0 aliphatic rings. The van der Waals surface area contributed by atoms with Crippen LogP contribution in [-0.2, 0) is 0 Å². The summed E-state index contributed by atoms with van der Waals surface area (Å²) in [6, 6.07) is 4.84. The van der Waals surface area contributed by atoms with Crippen LogP contribution in [0.15, 0.2) is 22.7 Å². The van der Waals surface area contributed by atoms with E-state index in [4.69, 9.17) is 11.6 Å². The minimum atomic E-state index is -4.17. The zero-order valence-electron chi connectivity index (χ0n) is 8.77. The van der Waals surface area contributed by atoms with E-state index in [2.05, 4.69) is 15.9 Å². The van der Waals surface area contributed by atoms with E-state index in [1.165, 1.54) is 0 Å². The van der Waals surface area contributed by atoms with Gasteiger partial charge in [-0.1, -0.05) is 17.7 Å². The van der Waals surface area contributed by atoms with Crippen LogP contribution >= 0.6 is 27.5 Å². The zero-order chi connectivity index (χ0) is 13.1. The van der Waals surface area contributed by atoms with Crippen molar-refractivity contribution >= 4 is 27.5 Å². The molecule has 1 aromatic rings. The molecule has 0 aliphatic carbocycles. The number of rotatable bonds is 4. The van der Waals surface area contributed by atoms with Crippen LogP contribution in [-0.4, -0.2) is 11.3 Å². The molecule has 1 atom stereocenters. The van der Waals surface area contributed by atoms with Gasteiger partial charge in [0.05, 0.1) is 11.1 Å². The number of benzene rings is 1. The summed E-state index contributed by atoms with van der Waals surface area (Å²) in [6.07, 6.45) is -6.00. The maximum atomic E-state index is 11.9. The van der Waals surface area contributed by atoms with Crippen LogP contribution in [0.1, 0.15) is 30.9 Å². The summed E-state index contributed by atoms with van der Waals surface area (Å²) < 4.78 is 36.4. The van der Waals surface area contributed by atoms with Crippen molar-refractivity contribution in [2.45, 2.75) is 31.5 Å². The minimum absolute atomic E-state index is 0.0669. The molecule has 0 aliphatic heterocycles. The molecule has 0 heterocycles. The van der Waals surface area contributed by atoms with E-state index >= 15 is 0 Å². The summed E-state index contributed by atoms with van der Waals surface area (Å²) >= 11 is 9.02. The average Bonchev–Trinajstić information content (AvgIpc) is 2.20. The SMILES string of the molecule is OC(CCCC(F)(F)F)c1ccc(Br)c(Cl)c1. The Bertz CT molecular complexity index is 381. The van der Waals surface area contributed by atoms with Gasteiger partial charge >= 0.3 is 6.18 Å². The molecule has 1 N–H and O–H groups in total. The van der Waals surface area contributed by atoms with Gasteiger partial charge in [0.15, 0.2) is 0 Å². The first-order valence-corrected chi connectivity index (χ1v) is 6.16. The third-order valence-electron chi connectivity index (χ3n) is 2.27. The first-order chi connectivity index (χ1) is 7.79. The molecule has 1 aromatic carbocycles. The Balaban J connectivity index is 2.52. The molecular weight excluding hydrogens is 320 g/mol. The summed E-state index contributed by atoms with van der Waals surface area (Å²) in [7, 11) is 0. The third-order valence-corrected chi connectivity index (χ3v) is 3.50. The second-order valence-electron chi connectivity index (χ2n) is 3.70. The number of hydrogen-bond donors (Lipinski definition) is 1. The van der Waals surface area contributed by atoms with Crippen molar-refractivity contribution in [3.8, 4) is 0 Å². The maximum Gasteiger partial charge on any atom is 0.389 e. The minimum Gasteiger partial charge on any atom is -0.388 e. The highest BCUT2D eigenvalue weighted by molar-refractivity contribution is 9.10. The van der Waals surface area contributed by atoms with Gasteiger partial charge in [0.25, 0.3) is 0 Å². The van der Waals surface area contributed by atoms with Crippen LogP contribution < -0.4 is 0 Å². The highest BCUT2D eigenvalue weighted by Gasteiger charge is 2.26. The quantitative estimate of drug-likeness (QED) is 0.834. The predicted molar refractivity (Wildman–Crippen MR) is 64.0 cm³/mol. The molecule has 0 fully saturated rings. The van der Waals surface area contributed by atoms with E-state index < -0.39 is 18.7 Å². The van der Waals surface area contributed by atoms with Crippen molar-refractivity contribution in [3.05, 3.63) is 33.3 Å². The normalized spacial score (nSPS) is 13.8. The van der Waals surface area contributed by atoms with E-state index in [-0.39, 0.29) is 12.8 Å². The number of aliphatic hydroxyl groups excluding tert-OH is 1. The number of hydrogen-bond acceptors (Lipinski definition) is 1. The second kappa shape index (κ2) is 6.07. The molecule has 1 nitrogen and oxygen atoms in total. The summed E-state index contributed by atoms with van der Waals surface area (Å²) in [4.78, 5) is 0. The molecule has 0 saturated carbocycles. The Morgan fingerprint density at radius 3 is 2.53 bits per heavy atom. The van der Waals surface area contributed by atoms with Crippen molar-refractivity contribution < 1.29 is 18.3 Å². The largest absolute Gasteiger partial charge is 0.389 e. The molecule has 1 unspecified atom stereocenters. The lowest BCUT2D eigenvalue weighted by Gasteiger charge is -2.12. The Hall–Kier alpha value is -0.260. The fourth-order valence-corrected chi connectivity index (χ4v) is 1.82. The van der Waals surface area contributed by atoms with Gasteiger partial charge in [0.1, 0.15) is 0 Å². The van der Waals surface area contributed by atoms with E-state index in [0.29, 0.717) is 15.1 Å². The monoisotopic (exact) mass is 330 g/mol. The van der Waals surface area contributed by atoms with Gasteiger partial charge < -0.3 is 5.11 Å². The average molecular weight is 332 g/mol. The smallest absolute Gasteiger partial charge is 0.388 e. The van der Waals surface area contributed by atoms with Crippen molar-refractivity contribution in [2.75, 3.05) is 0 Å². The molecule has 0 bridgehead atoms. The highest BCUT2D eigenvalue weighted by Crippen LogP contribution is 2.29. The van der Waals surface area contributed by atoms with Gasteiger partial charge in [-0.25, -0.2) is 0 Å². The molecule has 0 saturated heterocycles. The lowest BCUT2D eigenvalue weighted by Crippen LogP contribution is -2.08. The number of halogens is 5.